The van der Waals surface area contributed by atoms with Crippen LogP contribution in [0.1, 0.15) is 33.5 Å². The molecule has 2 rings (SSSR count). The van der Waals surface area contributed by atoms with E-state index in [-0.39, 0.29) is 11.3 Å². The molecule has 3 N–H and O–H groups in total. The van der Waals surface area contributed by atoms with Crippen LogP contribution in [-0.4, -0.2) is 26.0 Å². The largest absolute Gasteiger partial charge is 0.336 e. The third-order valence-electron chi connectivity index (χ3n) is 3.25. The van der Waals surface area contributed by atoms with Gasteiger partial charge in [0.1, 0.15) is 0 Å². The van der Waals surface area contributed by atoms with Crippen molar-refractivity contribution < 1.29 is 4.79 Å². The lowest BCUT2D eigenvalue weighted by Crippen LogP contribution is -2.26. The Labute approximate surface area is 165 Å². The fraction of sp³-hybridized carbons (Fsp3) is 0.400. The first-order valence-corrected chi connectivity index (χ1v) is 9.35. The van der Waals surface area contributed by atoms with E-state index in [4.69, 9.17) is 40.6 Å². The molecule has 0 radical (unpaired) electrons. The van der Waals surface area contributed by atoms with E-state index in [1.807, 2.05) is 20.8 Å². The van der Waals surface area contributed by atoms with Gasteiger partial charge in [0.25, 0.3) is 0 Å². The van der Waals surface area contributed by atoms with Crippen molar-refractivity contribution in [3.05, 3.63) is 33.0 Å². The Bertz CT molecular complexity index is 803. The molecule has 136 valence electrons. The number of nitrogens with two attached hydrogens (primary N) is 1. The molecule has 10 heteroatoms. The average molecular weight is 423 g/mol. The number of nitrogens with one attached hydrogen (secondary N) is 1. The molecule has 1 aromatic heterocycles. The molecule has 1 unspecified atom stereocenters. The molecular formula is C15H18Cl3N5OS. The van der Waals surface area contributed by atoms with Crippen molar-refractivity contribution in [2.45, 2.75) is 43.5 Å². The highest BCUT2D eigenvalue weighted by atomic mass is 35.5. The van der Waals surface area contributed by atoms with Gasteiger partial charge in [-0.3, -0.25) is 4.79 Å². The van der Waals surface area contributed by atoms with Crippen LogP contribution in [0.25, 0.3) is 0 Å². The zero-order chi connectivity index (χ0) is 18.9. The fourth-order valence-corrected chi connectivity index (χ4v) is 3.30. The van der Waals surface area contributed by atoms with Crippen molar-refractivity contribution in [3.8, 4) is 0 Å². The molecule has 0 saturated heterocycles. The Hall–Kier alpha value is -1.15. The van der Waals surface area contributed by atoms with Crippen LogP contribution in [0, 0.1) is 0 Å². The van der Waals surface area contributed by atoms with Crippen LogP contribution in [0.4, 0.5) is 5.69 Å². The van der Waals surface area contributed by atoms with E-state index in [1.54, 1.807) is 6.92 Å². The second kappa shape index (κ2) is 7.61. The monoisotopic (exact) mass is 421 g/mol. The number of amides is 1. The quantitative estimate of drug-likeness (QED) is 0.434. The molecule has 1 heterocycles. The molecule has 0 fully saturated rings. The van der Waals surface area contributed by atoms with Gasteiger partial charge in [0.15, 0.2) is 5.82 Å². The highest BCUT2D eigenvalue weighted by Crippen LogP contribution is 2.33. The van der Waals surface area contributed by atoms with Gasteiger partial charge in [0.05, 0.1) is 26.0 Å². The van der Waals surface area contributed by atoms with Gasteiger partial charge >= 0.3 is 0 Å². The van der Waals surface area contributed by atoms with Crippen molar-refractivity contribution >= 4 is 58.2 Å². The number of benzene rings is 1. The van der Waals surface area contributed by atoms with E-state index < -0.39 is 5.25 Å². The van der Waals surface area contributed by atoms with Gasteiger partial charge < -0.3 is 11.2 Å². The van der Waals surface area contributed by atoms with Gasteiger partial charge in [-0.1, -0.05) is 67.3 Å². The van der Waals surface area contributed by atoms with Gasteiger partial charge in [-0.2, -0.15) is 0 Å². The number of aromatic nitrogens is 3. The lowest BCUT2D eigenvalue weighted by Gasteiger charge is -2.17. The first kappa shape index (κ1) is 20.2. The molecule has 6 nitrogen and oxygen atoms in total. The summed E-state index contributed by atoms with van der Waals surface area (Å²) in [6, 6.07) is 2.98. The number of halogens is 3. The molecule has 0 aliphatic rings. The van der Waals surface area contributed by atoms with Crippen LogP contribution in [0.15, 0.2) is 17.3 Å². The van der Waals surface area contributed by atoms with Gasteiger partial charge in [0.2, 0.25) is 11.1 Å². The van der Waals surface area contributed by atoms with Gasteiger partial charge in [-0.25, -0.2) is 4.68 Å². The van der Waals surface area contributed by atoms with Crippen LogP contribution in [0.2, 0.25) is 15.1 Å². The van der Waals surface area contributed by atoms with Crippen molar-refractivity contribution in [1.29, 1.82) is 0 Å². The van der Waals surface area contributed by atoms with Crippen LogP contribution < -0.4 is 11.2 Å². The minimum atomic E-state index is -0.482. The van der Waals surface area contributed by atoms with E-state index in [0.717, 1.165) is 0 Å². The van der Waals surface area contributed by atoms with E-state index in [2.05, 4.69) is 15.5 Å². The Morgan fingerprint density at radius 3 is 2.36 bits per heavy atom. The zero-order valence-corrected chi connectivity index (χ0v) is 17.2. The smallest absolute Gasteiger partial charge is 0.237 e. The maximum absolute atomic E-state index is 12.4. The molecule has 0 aliphatic carbocycles. The average Bonchev–Trinajstić information content (AvgIpc) is 2.85. The summed E-state index contributed by atoms with van der Waals surface area (Å²) in [6.07, 6.45) is 0. The number of thioether (sulfide) groups is 1. The number of nitrogens with zero attached hydrogens (tertiary/aromatic N) is 3. The summed E-state index contributed by atoms with van der Waals surface area (Å²) in [5, 5.41) is 11.8. The zero-order valence-electron chi connectivity index (χ0n) is 14.1. The van der Waals surface area contributed by atoms with Crippen molar-refractivity contribution in [3.63, 3.8) is 0 Å². The van der Waals surface area contributed by atoms with Gasteiger partial charge in [-0.15, -0.1) is 10.2 Å². The van der Waals surface area contributed by atoms with E-state index >= 15 is 0 Å². The second-order valence-electron chi connectivity index (χ2n) is 6.42. The molecule has 0 bridgehead atoms. The number of anilines is 1. The molecule has 25 heavy (non-hydrogen) atoms. The van der Waals surface area contributed by atoms with Crippen LogP contribution in [0.5, 0.6) is 0 Å². The van der Waals surface area contributed by atoms with Crippen LogP contribution in [0.3, 0.4) is 0 Å². The van der Waals surface area contributed by atoms with Crippen molar-refractivity contribution in [1.82, 2.24) is 14.9 Å². The Kier molecular flexibility index (Phi) is 6.14. The fourth-order valence-electron chi connectivity index (χ4n) is 1.93. The molecule has 1 atom stereocenters. The lowest BCUT2D eigenvalue weighted by molar-refractivity contribution is -0.115. The number of carbonyl (C=O) groups is 1. The molecule has 1 aromatic carbocycles. The normalized spacial score (nSPS) is 12.9. The Morgan fingerprint density at radius 1 is 1.20 bits per heavy atom. The summed E-state index contributed by atoms with van der Waals surface area (Å²) in [7, 11) is 0. The van der Waals surface area contributed by atoms with E-state index in [1.165, 1.54) is 28.6 Å². The van der Waals surface area contributed by atoms with Crippen molar-refractivity contribution in [2.75, 3.05) is 11.2 Å². The molecular weight excluding hydrogens is 405 g/mol. The van der Waals surface area contributed by atoms with Gasteiger partial charge in [-0.05, 0) is 19.1 Å². The minimum absolute atomic E-state index is 0.250. The van der Waals surface area contributed by atoms with Crippen LogP contribution in [-0.2, 0) is 10.2 Å². The summed E-state index contributed by atoms with van der Waals surface area (Å²) in [5.74, 6) is 6.40. The standard InChI is InChI=1S/C15H18Cl3N5OS/c1-7(25-14-22-21-13(23(14)19)15(2,3)4)12(24)20-11-6-9(17)8(16)5-10(11)18/h5-7H,19H2,1-4H3,(H,20,24). The maximum atomic E-state index is 12.4. The molecule has 0 spiro atoms. The summed E-state index contributed by atoms with van der Waals surface area (Å²) >= 11 is 19.1. The highest BCUT2D eigenvalue weighted by Gasteiger charge is 2.25. The Morgan fingerprint density at radius 2 is 1.80 bits per heavy atom. The van der Waals surface area contributed by atoms with E-state index in [9.17, 15) is 4.79 Å². The molecule has 2 aromatic rings. The predicted molar refractivity (Wildman–Crippen MR) is 104 cm³/mol. The minimum Gasteiger partial charge on any atom is -0.336 e. The number of nitrogen functional groups attached to an aromatic ring is 1. The predicted octanol–water partition coefficient (Wildman–Crippen LogP) is 4.37. The highest BCUT2D eigenvalue weighted by molar-refractivity contribution is 8.00. The lowest BCUT2D eigenvalue weighted by atomic mass is 9.96. The van der Waals surface area contributed by atoms with E-state index in [0.29, 0.717) is 31.7 Å². The molecule has 1 amide bonds. The molecule has 0 saturated carbocycles. The number of carbonyl (C=O) groups excluding carboxylic acids is 1. The van der Waals surface area contributed by atoms with Crippen molar-refractivity contribution in [2.24, 2.45) is 0 Å². The Balaban J connectivity index is 2.11. The topological polar surface area (TPSA) is 85.8 Å². The first-order valence-electron chi connectivity index (χ1n) is 7.33. The molecule has 0 aliphatic heterocycles. The van der Waals surface area contributed by atoms with Gasteiger partial charge in [0, 0.05) is 5.41 Å². The third kappa shape index (κ3) is 4.73. The SMILES string of the molecule is CC(Sc1nnc(C(C)(C)C)n1N)C(=O)Nc1cc(Cl)c(Cl)cc1Cl. The third-order valence-corrected chi connectivity index (χ3v) is 5.35. The maximum Gasteiger partial charge on any atom is 0.237 e. The second-order valence-corrected chi connectivity index (χ2v) is 8.95. The summed E-state index contributed by atoms with van der Waals surface area (Å²) in [5.41, 5.74) is 0.137. The summed E-state index contributed by atoms with van der Waals surface area (Å²) in [4.78, 5) is 12.4. The summed E-state index contributed by atoms with van der Waals surface area (Å²) in [6.45, 7) is 7.68. The number of hydrogen-bond acceptors (Lipinski definition) is 5. The first-order chi connectivity index (χ1) is 11.5. The summed E-state index contributed by atoms with van der Waals surface area (Å²) < 4.78 is 1.40. The number of hydrogen-bond donors (Lipinski definition) is 2. The van der Waals surface area contributed by atoms with Crippen LogP contribution >= 0.6 is 46.6 Å². The number of rotatable bonds is 4.